The van der Waals surface area contributed by atoms with Crippen molar-refractivity contribution in [3.05, 3.63) is 76.6 Å². The molecule has 2 aliphatic rings. The van der Waals surface area contributed by atoms with Crippen LogP contribution in [0.15, 0.2) is 48.6 Å². The molecule has 4 nitrogen and oxygen atoms in total. The average Bonchev–Trinajstić information content (AvgIpc) is 2.80. The van der Waals surface area contributed by atoms with E-state index < -0.39 is 0 Å². The smallest absolute Gasteiger partial charge is 0.255 e. The van der Waals surface area contributed by atoms with Crippen molar-refractivity contribution in [1.29, 1.82) is 0 Å². The predicted octanol–water partition coefficient (Wildman–Crippen LogP) is 4.39. The predicted molar refractivity (Wildman–Crippen MR) is 121 cm³/mol. The van der Waals surface area contributed by atoms with Crippen LogP contribution in [0.3, 0.4) is 0 Å². The summed E-state index contributed by atoms with van der Waals surface area (Å²) in [5.74, 6) is -0.504. The minimum absolute atomic E-state index is 0.203. The highest BCUT2D eigenvalue weighted by Gasteiger charge is 2.16. The molecule has 0 fully saturated rings. The number of rotatable bonds is 5. The van der Waals surface area contributed by atoms with Gasteiger partial charge in [-0.15, -0.1) is 0 Å². The molecule has 0 radical (unpaired) electrons. The van der Waals surface area contributed by atoms with E-state index in [9.17, 15) is 9.18 Å². The van der Waals surface area contributed by atoms with E-state index in [1.54, 1.807) is 12.1 Å². The summed E-state index contributed by atoms with van der Waals surface area (Å²) in [4.78, 5) is 12.9. The number of amides is 1. The Balaban J connectivity index is 1.52. The Morgan fingerprint density at radius 3 is 2.37 bits per heavy atom. The fourth-order valence-corrected chi connectivity index (χ4v) is 4.11. The lowest BCUT2D eigenvalue weighted by Crippen LogP contribution is -2.20. The van der Waals surface area contributed by atoms with E-state index in [2.05, 4.69) is 28.1 Å². The Morgan fingerprint density at radius 1 is 1.00 bits per heavy atom. The van der Waals surface area contributed by atoms with Gasteiger partial charge in [-0.05, 0) is 78.9 Å². The normalized spacial score (nSPS) is 16.6. The van der Waals surface area contributed by atoms with Gasteiger partial charge in [-0.25, -0.2) is 4.39 Å². The number of nitrogens with one attached hydrogen (secondary N) is 3. The van der Waals surface area contributed by atoms with Crippen molar-refractivity contribution in [3.63, 3.8) is 0 Å². The lowest BCUT2D eigenvalue weighted by Gasteiger charge is -2.17. The second-order valence-corrected chi connectivity index (χ2v) is 7.74. The molecule has 2 aromatic rings. The Labute approximate surface area is 177 Å². The lowest BCUT2D eigenvalue weighted by molar-refractivity contribution is 0.102. The molecule has 2 aliphatic heterocycles. The molecule has 0 spiro atoms. The van der Waals surface area contributed by atoms with E-state index in [0.717, 1.165) is 56.6 Å². The molecule has 2 aromatic carbocycles. The highest BCUT2D eigenvalue weighted by Crippen LogP contribution is 2.26. The summed E-state index contributed by atoms with van der Waals surface area (Å²) in [6.07, 6.45) is 6.79. The van der Waals surface area contributed by atoms with E-state index >= 15 is 0 Å². The quantitative estimate of drug-likeness (QED) is 0.691. The van der Waals surface area contributed by atoms with Crippen LogP contribution in [0, 0.1) is 5.82 Å². The summed E-state index contributed by atoms with van der Waals surface area (Å²) >= 11 is 0. The minimum Gasteiger partial charge on any atom is -0.322 e. The third-order valence-electron chi connectivity index (χ3n) is 5.80. The maximum atomic E-state index is 14.7. The van der Waals surface area contributed by atoms with Crippen molar-refractivity contribution in [2.75, 3.05) is 31.5 Å². The van der Waals surface area contributed by atoms with Crippen LogP contribution >= 0.6 is 0 Å². The summed E-state index contributed by atoms with van der Waals surface area (Å²) in [7, 11) is 0. The highest BCUT2D eigenvalue weighted by atomic mass is 19.1. The monoisotopic (exact) mass is 405 g/mol. The van der Waals surface area contributed by atoms with Gasteiger partial charge in [0.2, 0.25) is 0 Å². The van der Waals surface area contributed by atoms with Crippen LogP contribution in [0.25, 0.3) is 11.1 Å². The fraction of sp³-hybridized carbons (Fsp3) is 0.320. The molecule has 156 valence electrons. The van der Waals surface area contributed by atoms with E-state index in [-0.39, 0.29) is 11.7 Å². The van der Waals surface area contributed by atoms with Gasteiger partial charge in [0.25, 0.3) is 5.91 Å². The maximum Gasteiger partial charge on any atom is 0.255 e. The van der Waals surface area contributed by atoms with Crippen LogP contribution in [0.5, 0.6) is 0 Å². The third kappa shape index (κ3) is 4.53. The number of hydrogen-bond donors (Lipinski definition) is 3. The number of carbonyl (C=O) groups excluding carboxylic acids is 1. The molecule has 4 rings (SSSR count). The molecule has 0 bridgehead atoms. The SMILES string of the molecule is CCc1cc(C2=CCNCC2)ccc1C(=O)Nc1ccc(C2=CCNCC2)c(F)c1. The van der Waals surface area contributed by atoms with Gasteiger partial charge in [0.1, 0.15) is 5.82 Å². The molecule has 0 unspecified atom stereocenters. The van der Waals surface area contributed by atoms with Crippen LogP contribution < -0.4 is 16.0 Å². The zero-order valence-corrected chi connectivity index (χ0v) is 17.4. The first kappa shape index (κ1) is 20.5. The van der Waals surface area contributed by atoms with Gasteiger partial charge in [0.05, 0.1) is 0 Å². The van der Waals surface area contributed by atoms with Gasteiger partial charge in [-0.2, -0.15) is 0 Å². The Hall–Kier alpha value is -2.76. The summed E-state index contributed by atoms with van der Waals surface area (Å²) < 4.78 is 14.7. The molecule has 0 aromatic heterocycles. The molecule has 2 heterocycles. The van der Waals surface area contributed by atoms with Crippen LogP contribution in [0.4, 0.5) is 10.1 Å². The molecular weight excluding hydrogens is 377 g/mol. The number of hydrogen-bond acceptors (Lipinski definition) is 3. The summed E-state index contributed by atoms with van der Waals surface area (Å²) in [6, 6.07) is 11.0. The molecule has 0 saturated heterocycles. The Morgan fingerprint density at radius 2 is 1.73 bits per heavy atom. The maximum absolute atomic E-state index is 14.7. The van der Waals surface area contributed by atoms with Gasteiger partial charge in [-0.3, -0.25) is 4.79 Å². The number of aryl methyl sites for hydroxylation is 1. The molecule has 0 aliphatic carbocycles. The number of benzene rings is 2. The molecule has 5 heteroatoms. The summed E-state index contributed by atoms with van der Waals surface area (Å²) in [6.45, 7) is 5.52. The van der Waals surface area contributed by atoms with E-state index in [0.29, 0.717) is 16.8 Å². The van der Waals surface area contributed by atoms with Gasteiger partial charge < -0.3 is 16.0 Å². The van der Waals surface area contributed by atoms with Crippen molar-refractivity contribution in [2.24, 2.45) is 0 Å². The van der Waals surface area contributed by atoms with Gasteiger partial charge in [0, 0.05) is 29.9 Å². The van der Waals surface area contributed by atoms with Crippen molar-refractivity contribution >= 4 is 22.7 Å². The Bertz CT molecular complexity index is 1010. The second kappa shape index (κ2) is 9.37. The Kier molecular flexibility index (Phi) is 6.41. The van der Waals surface area contributed by atoms with Gasteiger partial charge in [-0.1, -0.05) is 31.2 Å². The first-order valence-electron chi connectivity index (χ1n) is 10.7. The van der Waals surface area contributed by atoms with Gasteiger partial charge >= 0.3 is 0 Å². The van der Waals surface area contributed by atoms with E-state index in [4.69, 9.17) is 0 Å². The molecule has 30 heavy (non-hydrogen) atoms. The number of carbonyl (C=O) groups is 1. The first-order chi connectivity index (χ1) is 14.7. The topological polar surface area (TPSA) is 53.2 Å². The van der Waals surface area contributed by atoms with Crippen LogP contribution in [-0.2, 0) is 6.42 Å². The van der Waals surface area contributed by atoms with E-state index in [1.165, 1.54) is 17.2 Å². The molecule has 3 N–H and O–H groups in total. The lowest BCUT2D eigenvalue weighted by atomic mass is 9.94. The minimum atomic E-state index is -0.301. The number of halogens is 1. The zero-order valence-electron chi connectivity index (χ0n) is 17.4. The van der Waals surface area contributed by atoms with E-state index in [1.807, 2.05) is 25.1 Å². The van der Waals surface area contributed by atoms with Gasteiger partial charge in [0.15, 0.2) is 0 Å². The average molecular weight is 406 g/mol. The van der Waals surface area contributed by atoms with Crippen LogP contribution in [0.2, 0.25) is 0 Å². The van der Waals surface area contributed by atoms with Crippen molar-refractivity contribution in [1.82, 2.24) is 10.6 Å². The van der Waals surface area contributed by atoms with Crippen molar-refractivity contribution in [3.8, 4) is 0 Å². The summed E-state index contributed by atoms with van der Waals surface area (Å²) in [5.41, 5.74) is 6.24. The highest BCUT2D eigenvalue weighted by molar-refractivity contribution is 6.05. The summed E-state index contributed by atoms with van der Waals surface area (Å²) in [5, 5.41) is 9.42. The molecule has 0 atom stereocenters. The molecule has 0 saturated carbocycles. The molecular formula is C25H28FN3O. The standard InChI is InChI=1S/C25H28FN3O/c1-2-17-15-20(18-7-11-27-12-8-18)3-5-23(17)25(30)29-21-4-6-22(24(26)16-21)19-9-13-28-14-10-19/h3-7,9,15-16,27-28H,2,8,10-14H2,1H3,(H,29,30). The second-order valence-electron chi connectivity index (χ2n) is 7.74. The van der Waals surface area contributed by atoms with Crippen LogP contribution in [0.1, 0.15) is 46.8 Å². The van der Waals surface area contributed by atoms with Crippen LogP contribution in [-0.4, -0.2) is 32.1 Å². The largest absolute Gasteiger partial charge is 0.322 e. The third-order valence-corrected chi connectivity index (χ3v) is 5.80. The molecule has 1 amide bonds. The van der Waals surface area contributed by atoms with Crippen molar-refractivity contribution < 1.29 is 9.18 Å². The zero-order chi connectivity index (χ0) is 20.9. The fourth-order valence-electron chi connectivity index (χ4n) is 4.11. The number of anilines is 1. The first-order valence-corrected chi connectivity index (χ1v) is 10.7. The van der Waals surface area contributed by atoms with Crippen molar-refractivity contribution in [2.45, 2.75) is 26.2 Å².